The Bertz CT molecular complexity index is 703. The molecular weight excluding hydrogens is 278 g/mol. The third-order valence-electron chi connectivity index (χ3n) is 2.09. The highest BCUT2D eigenvalue weighted by Gasteiger charge is 2.24. The first-order chi connectivity index (χ1) is 8.90. The van der Waals surface area contributed by atoms with Crippen molar-refractivity contribution >= 4 is 16.0 Å². The Hall–Kier alpha value is -2.27. The van der Waals surface area contributed by atoms with E-state index in [4.69, 9.17) is 5.11 Å². The van der Waals surface area contributed by atoms with Gasteiger partial charge in [-0.3, -0.25) is 5.10 Å². The number of nitrogens with zero attached hydrogens (tertiary/aromatic N) is 3. The van der Waals surface area contributed by atoms with Crippen molar-refractivity contribution in [1.82, 2.24) is 25.1 Å². The Labute approximate surface area is 106 Å². The van der Waals surface area contributed by atoms with Crippen LogP contribution in [0.2, 0.25) is 0 Å². The zero-order valence-corrected chi connectivity index (χ0v) is 10.4. The molecule has 0 radical (unpaired) electrons. The molecule has 0 saturated heterocycles. The van der Waals surface area contributed by atoms with E-state index in [0.717, 1.165) is 6.20 Å². The van der Waals surface area contributed by atoms with Gasteiger partial charge in [-0.05, 0) is 0 Å². The highest BCUT2D eigenvalue weighted by molar-refractivity contribution is 7.89. The summed E-state index contributed by atoms with van der Waals surface area (Å²) in [7, 11) is -4.05. The maximum atomic E-state index is 11.9. The van der Waals surface area contributed by atoms with Gasteiger partial charge in [0.25, 0.3) is 10.0 Å². The van der Waals surface area contributed by atoms with Gasteiger partial charge in [-0.1, -0.05) is 5.16 Å². The highest BCUT2D eigenvalue weighted by atomic mass is 32.2. The average molecular weight is 287 g/mol. The van der Waals surface area contributed by atoms with Crippen molar-refractivity contribution < 1.29 is 22.8 Å². The largest absolute Gasteiger partial charge is 0.478 e. The third kappa shape index (κ3) is 2.77. The molecule has 0 unspecified atom stereocenters. The van der Waals surface area contributed by atoms with Gasteiger partial charge in [0.2, 0.25) is 5.89 Å². The Morgan fingerprint density at radius 3 is 2.89 bits per heavy atom. The first-order valence-corrected chi connectivity index (χ1v) is 6.44. The van der Waals surface area contributed by atoms with Gasteiger partial charge in [0.05, 0.1) is 12.7 Å². The summed E-state index contributed by atoms with van der Waals surface area (Å²) in [6.45, 7) is 1.33. The number of carboxylic acid groups (broad SMARTS) is 1. The van der Waals surface area contributed by atoms with Crippen molar-refractivity contribution in [2.45, 2.75) is 18.5 Å². The smallest absolute Gasteiger partial charge is 0.340 e. The predicted molar refractivity (Wildman–Crippen MR) is 58.6 cm³/mol. The van der Waals surface area contributed by atoms with E-state index >= 15 is 0 Å². The zero-order valence-electron chi connectivity index (χ0n) is 9.61. The molecule has 2 heterocycles. The zero-order chi connectivity index (χ0) is 14.0. The monoisotopic (exact) mass is 287 g/mol. The third-order valence-corrected chi connectivity index (χ3v) is 3.47. The Morgan fingerprint density at radius 1 is 1.58 bits per heavy atom. The van der Waals surface area contributed by atoms with Crippen molar-refractivity contribution in [2.24, 2.45) is 0 Å². The van der Waals surface area contributed by atoms with Crippen molar-refractivity contribution in [2.75, 3.05) is 0 Å². The first kappa shape index (κ1) is 13.2. The Morgan fingerprint density at radius 2 is 2.32 bits per heavy atom. The van der Waals surface area contributed by atoms with Gasteiger partial charge in [-0.25, -0.2) is 17.9 Å². The van der Waals surface area contributed by atoms with Gasteiger partial charge in [0.1, 0.15) is 5.56 Å². The molecule has 11 heteroatoms. The van der Waals surface area contributed by atoms with Gasteiger partial charge in [0, 0.05) is 6.92 Å². The summed E-state index contributed by atoms with van der Waals surface area (Å²) in [4.78, 5) is 14.6. The molecule has 0 aliphatic rings. The summed E-state index contributed by atoms with van der Waals surface area (Å²) in [6.07, 6.45) is 0.912. The van der Waals surface area contributed by atoms with Crippen LogP contribution in [-0.2, 0) is 16.6 Å². The van der Waals surface area contributed by atoms with E-state index < -0.39 is 26.6 Å². The molecule has 0 aliphatic heterocycles. The molecule has 0 bridgehead atoms. The predicted octanol–water partition coefficient (Wildman–Crippen LogP) is -0.722. The number of nitrogens with one attached hydrogen (secondary N) is 2. The minimum Gasteiger partial charge on any atom is -0.478 e. The van der Waals surface area contributed by atoms with E-state index in [1.807, 2.05) is 0 Å². The molecule has 19 heavy (non-hydrogen) atoms. The van der Waals surface area contributed by atoms with E-state index in [2.05, 4.69) is 29.6 Å². The maximum absolute atomic E-state index is 11.9. The fourth-order valence-corrected chi connectivity index (χ4v) is 2.34. The number of aryl methyl sites for hydroxylation is 1. The minimum atomic E-state index is -4.05. The fourth-order valence-electron chi connectivity index (χ4n) is 1.28. The van der Waals surface area contributed by atoms with Crippen LogP contribution in [0.3, 0.4) is 0 Å². The number of aromatic carboxylic acids is 1. The molecule has 0 spiro atoms. The van der Waals surface area contributed by atoms with Gasteiger partial charge in [-0.2, -0.15) is 10.1 Å². The molecule has 0 aromatic carbocycles. The van der Waals surface area contributed by atoms with E-state index in [1.165, 1.54) is 0 Å². The van der Waals surface area contributed by atoms with Crippen LogP contribution < -0.4 is 4.72 Å². The summed E-state index contributed by atoms with van der Waals surface area (Å²) in [6, 6.07) is 0. The lowest BCUT2D eigenvalue weighted by atomic mass is 10.4. The lowest BCUT2D eigenvalue weighted by Crippen LogP contribution is -2.25. The Kier molecular flexibility index (Phi) is 3.31. The quantitative estimate of drug-likeness (QED) is 0.651. The van der Waals surface area contributed by atoms with Crippen LogP contribution in [0.15, 0.2) is 15.7 Å². The van der Waals surface area contributed by atoms with Crippen LogP contribution in [0, 0.1) is 6.92 Å². The SMILES string of the molecule is Cc1nc(CNS(=O)(=O)c2[nH]ncc2C(=O)O)no1. The molecule has 3 N–H and O–H groups in total. The molecule has 0 amide bonds. The standard InChI is InChI=1S/C8H9N5O5S/c1-4-11-6(13-18-4)3-10-19(16,17)7-5(8(14)15)2-9-12-7/h2,10H,3H2,1H3,(H,9,12)(H,14,15). The van der Waals surface area contributed by atoms with Crippen LogP contribution in [-0.4, -0.2) is 39.8 Å². The van der Waals surface area contributed by atoms with E-state index in [0.29, 0.717) is 5.89 Å². The fraction of sp³-hybridized carbons (Fsp3) is 0.250. The number of aromatic nitrogens is 4. The van der Waals surface area contributed by atoms with E-state index in [-0.39, 0.29) is 12.4 Å². The highest BCUT2D eigenvalue weighted by Crippen LogP contribution is 2.11. The molecule has 2 aromatic heterocycles. The van der Waals surface area contributed by atoms with Gasteiger partial charge in [0.15, 0.2) is 10.9 Å². The van der Waals surface area contributed by atoms with E-state index in [1.54, 1.807) is 6.92 Å². The molecule has 0 aliphatic carbocycles. The van der Waals surface area contributed by atoms with Gasteiger partial charge >= 0.3 is 5.97 Å². The summed E-state index contributed by atoms with van der Waals surface area (Å²) >= 11 is 0. The molecule has 0 saturated carbocycles. The number of rotatable bonds is 5. The molecule has 10 nitrogen and oxygen atoms in total. The van der Waals surface area contributed by atoms with Crippen LogP contribution in [0.4, 0.5) is 0 Å². The lowest BCUT2D eigenvalue weighted by molar-refractivity contribution is 0.0692. The molecular formula is C8H9N5O5S. The van der Waals surface area contributed by atoms with Crippen LogP contribution >= 0.6 is 0 Å². The molecule has 2 rings (SSSR count). The molecule has 2 aromatic rings. The minimum absolute atomic E-state index is 0.137. The van der Waals surface area contributed by atoms with Crippen molar-refractivity contribution in [3.63, 3.8) is 0 Å². The molecule has 0 atom stereocenters. The topological polar surface area (TPSA) is 151 Å². The van der Waals surface area contributed by atoms with Crippen molar-refractivity contribution in [1.29, 1.82) is 0 Å². The van der Waals surface area contributed by atoms with E-state index in [9.17, 15) is 13.2 Å². The number of hydrogen-bond donors (Lipinski definition) is 3. The van der Waals surface area contributed by atoms with Crippen molar-refractivity contribution in [3.8, 4) is 0 Å². The Balaban J connectivity index is 2.18. The number of carboxylic acids is 1. The molecule has 102 valence electrons. The normalized spacial score (nSPS) is 11.6. The summed E-state index contributed by atoms with van der Waals surface area (Å²) in [5.41, 5.74) is -0.447. The van der Waals surface area contributed by atoms with Crippen molar-refractivity contribution in [3.05, 3.63) is 23.5 Å². The number of sulfonamides is 1. The second-order valence-electron chi connectivity index (χ2n) is 3.47. The number of carbonyl (C=O) groups is 1. The summed E-state index contributed by atoms with van der Waals surface area (Å²) in [5.74, 6) is -0.969. The molecule has 0 fully saturated rings. The lowest BCUT2D eigenvalue weighted by Gasteiger charge is -2.02. The van der Waals surface area contributed by atoms with Crippen LogP contribution in [0.25, 0.3) is 0 Å². The second-order valence-corrected chi connectivity index (χ2v) is 5.18. The number of H-pyrrole nitrogens is 1. The summed E-state index contributed by atoms with van der Waals surface area (Å²) in [5, 5.41) is 17.3. The average Bonchev–Trinajstić information content (AvgIpc) is 2.94. The summed E-state index contributed by atoms with van der Waals surface area (Å²) < 4.78 is 30.5. The first-order valence-electron chi connectivity index (χ1n) is 4.95. The van der Waals surface area contributed by atoms with Gasteiger partial charge in [-0.15, -0.1) is 0 Å². The second kappa shape index (κ2) is 4.78. The number of aromatic amines is 1. The van der Waals surface area contributed by atoms with Crippen LogP contribution in [0.1, 0.15) is 22.1 Å². The number of hydrogen-bond acceptors (Lipinski definition) is 7. The van der Waals surface area contributed by atoms with Crippen LogP contribution in [0.5, 0.6) is 0 Å². The van der Waals surface area contributed by atoms with Gasteiger partial charge < -0.3 is 9.63 Å². The maximum Gasteiger partial charge on any atom is 0.340 e.